The Morgan fingerprint density at radius 1 is 1.06 bits per heavy atom. The second-order valence-corrected chi connectivity index (χ2v) is 9.25. The van der Waals surface area contributed by atoms with Gasteiger partial charge in [0.25, 0.3) is 0 Å². The van der Waals surface area contributed by atoms with Crippen LogP contribution in [0.3, 0.4) is 0 Å². The number of hydrogen-bond donors (Lipinski definition) is 2. The number of rotatable bonds is 9. The van der Waals surface area contributed by atoms with Gasteiger partial charge in [-0.2, -0.15) is 0 Å². The largest absolute Gasteiger partial charge is 0.454 e. The van der Waals surface area contributed by atoms with Crippen LogP contribution in [0.25, 0.3) is 0 Å². The molecule has 2 atom stereocenters. The first-order valence-electron chi connectivity index (χ1n) is 12.2. The Kier molecular flexibility index (Phi) is 8.13. The quantitative estimate of drug-likeness (QED) is 0.563. The summed E-state index contributed by atoms with van der Waals surface area (Å²) in [7, 11) is 0. The van der Waals surface area contributed by atoms with Crippen LogP contribution in [0.15, 0.2) is 48.5 Å². The average Bonchev–Trinajstić information content (AvgIpc) is 3.38. The first-order chi connectivity index (χ1) is 17.0. The van der Waals surface area contributed by atoms with Crippen molar-refractivity contribution >= 4 is 12.0 Å². The minimum Gasteiger partial charge on any atom is -0.454 e. The molecule has 0 bridgehead atoms. The zero-order valence-electron chi connectivity index (χ0n) is 20.4. The van der Waals surface area contributed by atoms with Gasteiger partial charge in [0.1, 0.15) is 12.6 Å². The molecule has 2 aliphatic rings. The predicted octanol–water partition coefficient (Wildman–Crippen LogP) is 3.92. The number of carbonyl (C=O) groups excluding carboxylic acids is 2. The summed E-state index contributed by atoms with van der Waals surface area (Å²) in [5.74, 6) is 1.17. The van der Waals surface area contributed by atoms with E-state index in [1.165, 1.54) is 0 Å². The van der Waals surface area contributed by atoms with Crippen LogP contribution in [-0.2, 0) is 26.3 Å². The van der Waals surface area contributed by atoms with Crippen LogP contribution in [0.2, 0.25) is 0 Å². The molecule has 0 spiro atoms. The summed E-state index contributed by atoms with van der Waals surface area (Å²) in [5.41, 5.74) is 1.68. The van der Waals surface area contributed by atoms with Crippen molar-refractivity contribution in [1.29, 1.82) is 0 Å². The van der Waals surface area contributed by atoms with E-state index in [1.807, 2.05) is 62.4 Å². The molecule has 35 heavy (non-hydrogen) atoms. The van der Waals surface area contributed by atoms with Gasteiger partial charge in [0.2, 0.25) is 12.7 Å². The number of benzene rings is 2. The summed E-state index contributed by atoms with van der Waals surface area (Å²) in [6, 6.07) is 14.7. The normalized spacial score (nSPS) is 17.8. The Hall–Kier alpha value is -3.26. The molecule has 0 saturated carbocycles. The second-order valence-electron chi connectivity index (χ2n) is 9.25. The van der Waals surface area contributed by atoms with E-state index in [0.29, 0.717) is 19.8 Å². The van der Waals surface area contributed by atoms with Crippen molar-refractivity contribution in [1.82, 2.24) is 10.6 Å². The molecule has 4 rings (SSSR count). The molecule has 8 nitrogen and oxygen atoms in total. The Bertz CT molecular complexity index is 1010. The van der Waals surface area contributed by atoms with Crippen LogP contribution in [0.4, 0.5) is 4.79 Å². The molecule has 2 heterocycles. The van der Waals surface area contributed by atoms with Crippen LogP contribution >= 0.6 is 0 Å². The predicted molar refractivity (Wildman–Crippen MR) is 130 cm³/mol. The molecule has 0 aliphatic carbocycles. The van der Waals surface area contributed by atoms with Crippen LogP contribution in [0, 0.1) is 5.92 Å². The lowest BCUT2D eigenvalue weighted by Gasteiger charge is -2.38. The molecule has 2 aromatic carbocycles. The number of carbonyl (C=O) groups is 2. The Morgan fingerprint density at radius 3 is 2.54 bits per heavy atom. The number of hydrogen-bond acceptors (Lipinski definition) is 6. The van der Waals surface area contributed by atoms with Crippen molar-refractivity contribution in [2.75, 3.05) is 26.6 Å². The molecule has 2 N–H and O–H groups in total. The third-order valence-corrected chi connectivity index (χ3v) is 7.02. The summed E-state index contributed by atoms with van der Waals surface area (Å²) in [4.78, 5) is 25.8. The average molecular weight is 483 g/mol. The van der Waals surface area contributed by atoms with Crippen molar-refractivity contribution in [2.45, 2.75) is 51.2 Å². The lowest BCUT2D eigenvalue weighted by atomic mass is 9.74. The van der Waals surface area contributed by atoms with Gasteiger partial charge in [0.15, 0.2) is 11.5 Å². The molecule has 1 saturated heterocycles. The van der Waals surface area contributed by atoms with Crippen molar-refractivity contribution < 1.29 is 28.5 Å². The van der Waals surface area contributed by atoms with Gasteiger partial charge in [0, 0.05) is 25.2 Å². The summed E-state index contributed by atoms with van der Waals surface area (Å²) in [6.07, 6.45) is 1.67. The van der Waals surface area contributed by atoms with Gasteiger partial charge in [-0.15, -0.1) is 0 Å². The highest BCUT2D eigenvalue weighted by molar-refractivity contribution is 5.86. The molecule has 2 amide bonds. The number of fused-ring (bicyclic) bond motifs is 1. The van der Waals surface area contributed by atoms with E-state index in [-0.39, 0.29) is 30.6 Å². The summed E-state index contributed by atoms with van der Waals surface area (Å²) in [6.45, 7) is 5.97. The Labute approximate surface area is 206 Å². The van der Waals surface area contributed by atoms with Gasteiger partial charge < -0.3 is 29.6 Å². The van der Waals surface area contributed by atoms with Crippen LogP contribution in [0.1, 0.15) is 44.2 Å². The topological polar surface area (TPSA) is 95.1 Å². The fourth-order valence-electron chi connectivity index (χ4n) is 4.52. The third-order valence-electron chi connectivity index (χ3n) is 7.02. The first-order valence-corrected chi connectivity index (χ1v) is 12.2. The molecule has 1 fully saturated rings. The Morgan fingerprint density at radius 2 is 1.80 bits per heavy atom. The third kappa shape index (κ3) is 6.06. The van der Waals surface area contributed by atoms with Gasteiger partial charge in [-0.3, -0.25) is 4.79 Å². The van der Waals surface area contributed by atoms with Gasteiger partial charge >= 0.3 is 6.09 Å². The van der Waals surface area contributed by atoms with E-state index in [0.717, 1.165) is 41.9 Å². The number of nitrogens with one attached hydrogen (secondary N) is 2. The summed E-state index contributed by atoms with van der Waals surface area (Å²) < 4.78 is 22.0. The maximum absolute atomic E-state index is 13.3. The fraction of sp³-hybridized carbons (Fsp3) is 0.481. The fourth-order valence-corrected chi connectivity index (χ4v) is 4.52. The highest BCUT2D eigenvalue weighted by atomic mass is 16.7. The van der Waals surface area contributed by atoms with Gasteiger partial charge in [-0.05, 0) is 42.0 Å². The molecule has 0 unspecified atom stereocenters. The van der Waals surface area contributed by atoms with Crippen molar-refractivity contribution in [3.63, 3.8) is 0 Å². The van der Waals surface area contributed by atoms with Gasteiger partial charge in [-0.1, -0.05) is 56.7 Å². The van der Waals surface area contributed by atoms with E-state index in [4.69, 9.17) is 18.9 Å². The van der Waals surface area contributed by atoms with Crippen LogP contribution < -0.4 is 20.1 Å². The zero-order valence-corrected chi connectivity index (χ0v) is 20.4. The highest BCUT2D eigenvalue weighted by Gasteiger charge is 2.37. The first kappa shape index (κ1) is 24.9. The van der Waals surface area contributed by atoms with E-state index >= 15 is 0 Å². The van der Waals surface area contributed by atoms with Gasteiger partial charge in [0.05, 0.1) is 0 Å². The molecule has 8 heteroatoms. The zero-order chi connectivity index (χ0) is 24.7. The SMILES string of the molecule is CC[C@H](C)[C@H](NC(=O)OCc1ccccc1)C(=O)NCC1(c2ccc3c(c2)OCO3)CCOCC1. The van der Waals surface area contributed by atoms with E-state index < -0.39 is 12.1 Å². The minimum absolute atomic E-state index is 0.0598. The maximum Gasteiger partial charge on any atom is 0.408 e. The lowest BCUT2D eigenvalue weighted by Crippen LogP contribution is -2.53. The molecule has 2 aromatic rings. The monoisotopic (exact) mass is 482 g/mol. The number of ether oxygens (including phenoxy) is 4. The minimum atomic E-state index is -0.697. The molecule has 188 valence electrons. The highest BCUT2D eigenvalue weighted by Crippen LogP contribution is 2.40. The van der Waals surface area contributed by atoms with E-state index in [1.54, 1.807) is 0 Å². The molecule has 0 aromatic heterocycles. The van der Waals surface area contributed by atoms with E-state index in [9.17, 15) is 9.59 Å². The van der Waals surface area contributed by atoms with Crippen molar-refractivity contribution in [3.05, 3.63) is 59.7 Å². The second kappa shape index (κ2) is 11.4. The lowest BCUT2D eigenvalue weighted by molar-refractivity contribution is -0.124. The van der Waals surface area contributed by atoms with Crippen LogP contribution in [0.5, 0.6) is 11.5 Å². The molecule has 0 radical (unpaired) electrons. The summed E-state index contributed by atoms with van der Waals surface area (Å²) in [5, 5.41) is 5.89. The maximum atomic E-state index is 13.3. The van der Waals surface area contributed by atoms with Crippen molar-refractivity contribution in [3.8, 4) is 11.5 Å². The van der Waals surface area contributed by atoms with E-state index in [2.05, 4.69) is 10.6 Å². The standard InChI is InChI=1S/C27H34N2O6/c1-3-19(2)24(29-26(31)33-16-20-7-5-4-6-8-20)25(30)28-17-27(11-13-32-14-12-27)21-9-10-22-23(15-21)35-18-34-22/h4-10,15,19,24H,3,11-14,16-18H2,1-2H3,(H,28,30)(H,29,31)/t19-,24-/m0/s1. The molecule has 2 aliphatic heterocycles. The Balaban J connectivity index is 1.41. The summed E-state index contributed by atoms with van der Waals surface area (Å²) >= 11 is 0. The van der Waals surface area contributed by atoms with Gasteiger partial charge in [-0.25, -0.2) is 4.79 Å². The van der Waals surface area contributed by atoms with Crippen molar-refractivity contribution in [2.24, 2.45) is 5.92 Å². The smallest absolute Gasteiger partial charge is 0.408 e. The molecular weight excluding hydrogens is 448 g/mol. The molecular formula is C27H34N2O6. The number of amides is 2. The van der Waals surface area contributed by atoms with Crippen LogP contribution in [-0.4, -0.2) is 44.6 Å². The number of alkyl carbamates (subject to hydrolysis) is 1.